The van der Waals surface area contributed by atoms with Crippen LogP contribution < -0.4 is 10.1 Å². The molecular formula is C24H17ClI2N2O2S. The minimum Gasteiger partial charge on any atom is -0.487 e. The molecular weight excluding hydrogens is 670 g/mol. The molecule has 0 bridgehead atoms. The second kappa shape index (κ2) is 10.6. The number of halogens is 3. The van der Waals surface area contributed by atoms with Gasteiger partial charge in [-0.05, 0) is 111 Å². The van der Waals surface area contributed by atoms with Gasteiger partial charge < -0.3 is 10.1 Å². The van der Waals surface area contributed by atoms with Gasteiger partial charge in [-0.25, -0.2) is 4.99 Å². The summed E-state index contributed by atoms with van der Waals surface area (Å²) < 4.78 is 8.03. The maximum absolute atomic E-state index is 12.5. The Morgan fingerprint density at radius 2 is 1.81 bits per heavy atom. The lowest BCUT2D eigenvalue weighted by Crippen LogP contribution is -2.19. The van der Waals surface area contributed by atoms with Crippen molar-refractivity contribution in [1.82, 2.24) is 5.32 Å². The van der Waals surface area contributed by atoms with E-state index in [1.54, 1.807) is 0 Å². The van der Waals surface area contributed by atoms with Crippen molar-refractivity contribution in [2.45, 2.75) is 13.5 Å². The summed E-state index contributed by atoms with van der Waals surface area (Å²) in [4.78, 5) is 17.6. The van der Waals surface area contributed by atoms with E-state index in [9.17, 15) is 4.79 Å². The summed E-state index contributed by atoms with van der Waals surface area (Å²) in [5.41, 5.74) is 3.67. The van der Waals surface area contributed by atoms with Gasteiger partial charge in [0.1, 0.15) is 12.4 Å². The Morgan fingerprint density at radius 3 is 2.53 bits per heavy atom. The largest absolute Gasteiger partial charge is 0.487 e. The Hall–Kier alpha value is -1.56. The predicted molar refractivity (Wildman–Crippen MR) is 150 cm³/mol. The third kappa shape index (κ3) is 5.67. The number of nitrogens with zero attached hydrogens (tertiary/aromatic N) is 1. The Bertz CT molecular complexity index is 1220. The molecule has 0 unspecified atom stereocenters. The van der Waals surface area contributed by atoms with E-state index in [0.29, 0.717) is 21.7 Å². The number of aliphatic imine (C=N–C) groups is 1. The van der Waals surface area contributed by atoms with Crippen LogP contribution in [0, 0.1) is 14.1 Å². The molecule has 8 heteroatoms. The van der Waals surface area contributed by atoms with Gasteiger partial charge in [0.2, 0.25) is 0 Å². The monoisotopic (exact) mass is 686 g/mol. The van der Waals surface area contributed by atoms with Crippen molar-refractivity contribution in [2.24, 2.45) is 4.99 Å². The van der Waals surface area contributed by atoms with Crippen LogP contribution in [0.15, 0.2) is 70.6 Å². The highest BCUT2D eigenvalue weighted by molar-refractivity contribution is 14.1. The zero-order chi connectivity index (χ0) is 22.7. The van der Waals surface area contributed by atoms with Crippen molar-refractivity contribution >= 4 is 91.4 Å². The first-order chi connectivity index (χ1) is 15.4. The van der Waals surface area contributed by atoms with E-state index in [1.165, 1.54) is 11.8 Å². The fourth-order valence-corrected chi connectivity index (χ4v) is 6.12. The average Bonchev–Trinajstić information content (AvgIpc) is 3.10. The third-order valence-electron chi connectivity index (χ3n) is 4.66. The van der Waals surface area contributed by atoms with Gasteiger partial charge in [0.15, 0.2) is 5.17 Å². The molecule has 0 atom stereocenters. The highest BCUT2D eigenvalue weighted by Gasteiger charge is 2.24. The molecule has 0 spiro atoms. The number of benzene rings is 3. The second-order valence-electron chi connectivity index (χ2n) is 6.95. The molecule has 1 N–H and O–H groups in total. The minimum absolute atomic E-state index is 0.164. The van der Waals surface area contributed by atoms with Crippen LogP contribution in [-0.2, 0) is 11.4 Å². The summed E-state index contributed by atoms with van der Waals surface area (Å²) in [5, 5.41) is 4.02. The number of hydrogen-bond donors (Lipinski definition) is 1. The van der Waals surface area contributed by atoms with E-state index in [-0.39, 0.29) is 5.91 Å². The summed E-state index contributed by atoms with van der Waals surface area (Å²) in [6.07, 6.45) is 1.87. The lowest BCUT2D eigenvalue weighted by molar-refractivity contribution is -0.115. The van der Waals surface area contributed by atoms with Crippen molar-refractivity contribution in [2.75, 3.05) is 0 Å². The van der Waals surface area contributed by atoms with Crippen LogP contribution in [0.25, 0.3) is 6.08 Å². The van der Waals surface area contributed by atoms with E-state index in [0.717, 1.165) is 35.3 Å². The number of amidine groups is 1. The molecule has 32 heavy (non-hydrogen) atoms. The summed E-state index contributed by atoms with van der Waals surface area (Å²) in [7, 11) is 0. The number of ether oxygens (including phenoxy) is 1. The normalized spacial score (nSPS) is 15.9. The molecule has 4 nitrogen and oxygen atoms in total. The van der Waals surface area contributed by atoms with Crippen LogP contribution in [0.2, 0.25) is 5.02 Å². The van der Waals surface area contributed by atoms with E-state index in [4.69, 9.17) is 16.3 Å². The van der Waals surface area contributed by atoms with Gasteiger partial charge >= 0.3 is 0 Å². The molecule has 1 aliphatic rings. The molecule has 0 radical (unpaired) electrons. The molecule has 0 aromatic heterocycles. The molecule has 0 aliphatic carbocycles. The fraction of sp³-hybridized carbons (Fsp3) is 0.0833. The van der Waals surface area contributed by atoms with E-state index < -0.39 is 0 Å². The van der Waals surface area contributed by atoms with Crippen LogP contribution in [0.1, 0.15) is 16.7 Å². The molecule has 1 heterocycles. The van der Waals surface area contributed by atoms with Gasteiger partial charge in [0.05, 0.1) is 17.7 Å². The van der Waals surface area contributed by atoms with Crippen LogP contribution in [0.4, 0.5) is 5.69 Å². The second-order valence-corrected chi connectivity index (χ2v) is 10.7. The summed E-state index contributed by atoms with van der Waals surface area (Å²) in [6.45, 7) is 2.42. The van der Waals surface area contributed by atoms with Crippen molar-refractivity contribution < 1.29 is 9.53 Å². The third-order valence-corrected chi connectivity index (χ3v) is 7.58. The Labute approximate surface area is 223 Å². The molecule has 1 saturated heterocycles. The van der Waals surface area contributed by atoms with Gasteiger partial charge in [-0.3, -0.25) is 4.79 Å². The number of thioether (sulfide) groups is 1. The van der Waals surface area contributed by atoms with Crippen LogP contribution in [0.5, 0.6) is 5.75 Å². The highest BCUT2D eigenvalue weighted by atomic mass is 127. The number of carbonyl (C=O) groups excluding carboxylic acids is 1. The first kappa shape index (κ1) is 23.6. The molecule has 162 valence electrons. The van der Waals surface area contributed by atoms with Crippen molar-refractivity contribution in [3.05, 3.63) is 94.4 Å². The number of nitrogens with one attached hydrogen (secondary N) is 1. The minimum atomic E-state index is -0.164. The highest BCUT2D eigenvalue weighted by Crippen LogP contribution is 2.34. The van der Waals surface area contributed by atoms with Gasteiger partial charge in [-0.2, -0.15) is 0 Å². The molecule has 3 aromatic carbocycles. The van der Waals surface area contributed by atoms with E-state index in [1.807, 2.05) is 73.7 Å². The lowest BCUT2D eigenvalue weighted by atomic mass is 10.2. The zero-order valence-corrected chi connectivity index (χ0v) is 22.8. The fourth-order valence-electron chi connectivity index (χ4n) is 2.99. The quantitative estimate of drug-likeness (QED) is 0.226. The van der Waals surface area contributed by atoms with Crippen molar-refractivity contribution in [3.8, 4) is 5.75 Å². The van der Waals surface area contributed by atoms with Gasteiger partial charge in [0, 0.05) is 5.02 Å². The van der Waals surface area contributed by atoms with Gasteiger partial charge in [0.25, 0.3) is 5.91 Å². The zero-order valence-electron chi connectivity index (χ0n) is 16.9. The average molecular weight is 687 g/mol. The Balaban J connectivity index is 1.52. The van der Waals surface area contributed by atoms with Crippen molar-refractivity contribution in [1.29, 1.82) is 0 Å². The van der Waals surface area contributed by atoms with Crippen LogP contribution >= 0.6 is 68.5 Å². The molecule has 3 aromatic rings. The number of rotatable bonds is 5. The number of hydrogen-bond acceptors (Lipinski definition) is 4. The first-order valence-corrected chi connectivity index (χ1v) is 13.0. The summed E-state index contributed by atoms with van der Waals surface area (Å²) >= 11 is 12.0. The number of amides is 1. The van der Waals surface area contributed by atoms with Gasteiger partial charge in [-0.1, -0.05) is 48.0 Å². The smallest absolute Gasteiger partial charge is 0.264 e. The Morgan fingerprint density at radius 1 is 1.09 bits per heavy atom. The molecule has 1 fully saturated rings. The molecule has 0 saturated carbocycles. The van der Waals surface area contributed by atoms with Crippen LogP contribution in [0.3, 0.4) is 0 Å². The van der Waals surface area contributed by atoms with Crippen molar-refractivity contribution in [3.63, 3.8) is 0 Å². The predicted octanol–water partition coefficient (Wildman–Crippen LogP) is 7.33. The first-order valence-electron chi connectivity index (χ1n) is 9.61. The standard InChI is InChI=1S/C24H17ClI2N2O2S/c1-14-17(25)8-5-9-20(14)28-24-29-23(30)21(32-24)12-16-10-18(26)22(19(27)11-16)31-13-15-6-3-2-4-7-15/h2-12H,13H2,1H3,(H,28,29,30)/b21-12+. The molecule has 4 rings (SSSR count). The maximum Gasteiger partial charge on any atom is 0.264 e. The van der Waals surface area contributed by atoms with Gasteiger partial charge in [-0.15, -0.1) is 0 Å². The maximum atomic E-state index is 12.5. The van der Waals surface area contributed by atoms with Crippen LogP contribution in [-0.4, -0.2) is 11.1 Å². The Kier molecular flexibility index (Phi) is 7.80. The lowest BCUT2D eigenvalue weighted by Gasteiger charge is -2.11. The molecule has 1 amide bonds. The van der Waals surface area contributed by atoms with E-state index >= 15 is 0 Å². The molecule has 1 aliphatic heterocycles. The topological polar surface area (TPSA) is 50.7 Å². The SMILES string of the molecule is Cc1c(Cl)cccc1N=C1NC(=O)/C(=C\c2cc(I)c(OCc3ccccc3)c(I)c2)S1. The summed E-state index contributed by atoms with van der Waals surface area (Å²) in [6, 6.07) is 19.6. The number of carbonyl (C=O) groups is 1. The summed E-state index contributed by atoms with van der Waals surface area (Å²) in [5.74, 6) is 0.683. The van der Waals surface area contributed by atoms with E-state index in [2.05, 4.69) is 55.5 Å².